The van der Waals surface area contributed by atoms with E-state index >= 15 is 0 Å². The Kier molecular flexibility index (Phi) is 8.17. The van der Waals surface area contributed by atoms with Crippen molar-refractivity contribution in [3.63, 3.8) is 0 Å². The molecule has 0 N–H and O–H groups in total. The molecule has 0 saturated heterocycles. The molecule has 3 heteroatoms. The van der Waals surface area contributed by atoms with Crippen molar-refractivity contribution in [2.24, 2.45) is 10.9 Å². The van der Waals surface area contributed by atoms with E-state index in [-0.39, 0.29) is 5.92 Å². The lowest BCUT2D eigenvalue weighted by atomic mass is 9.88. The molecule has 0 aliphatic heterocycles. The van der Waals surface area contributed by atoms with Crippen molar-refractivity contribution < 1.29 is 4.42 Å². The molecule has 0 amide bonds. The summed E-state index contributed by atoms with van der Waals surface area (Å²) in [5.74, 6) is 0.0825. The summed E-state index contributed by atoms with van der Waals surface area (Å²) in [6.45, 7) is 11.2. The summed E-state index contributed by atoms with van der Waals surface area (Å²) in [7, 11) is 0. The minimum atomic E-state index is 0.0825. The second-order valence-corrected chi connectivity index (χ2v) is 13.8. The lowest BCUT2D eigenvalue weighted by Crippen LogP contribution is -2.14. The molecule has 0 bridgehead atoms. The molecule has 53 heavy (non-hydrogen) atoms. The zero-order valence-corrected chi connectivity index (χ0v) is 29.7. The Labute approximate surface area is 309 Å². The molecule has 0 aliphatic rings. The van der Waals surface area contributed by atoms with E-state index in [9.17, 15) is 0 Å². The SMILES string of the molecule is C=C(N=C(c1ccccc1)C(C)CC(=C)c1cccc2oc3ccc(-c4ccc5c(c4)c4ccccc4n5-c4ccccc4)cc3c12)c1ccccc1. The lowest BCUT2D eigenvalue weighted by Gasteiger charge is -2.18. The van der Waals surface area contributed by atoms with Gasteiger partial charge in [-0.3, -0.25) is 4.99 Å². The largest absolute Gasteiger partial charge is 0.456 e. The Hall–Kier alpha value is -6.71. The summed E-state index contributed by atoms with van der Waals surface area (Å²) in [6, 6.07) is 59.5. The molecule has 9 rings (SSSR count). The average Bonchev–Trinajstić information content (AvgIpc) is 3.76. The minimum Gasteiger partial charge on any atom is -0.456 e. The van der Waals surface area contributed by atoms with Crippen LogP contribution in [0.4, 0.5) is 0 Å². The fourth-order valence-electron chi connectivity index (χ4n) is 7.79. The molecule has 0 spiro atoms. The van der Waals surface area contributed by atoms with Gasteiger partial charge in [-0.1, -0.05) is 141 Å². The summed E-state index contributed by atoms with van der Waals surface area (Å²) >= 11 is 0. The molecule has 2 aromatic heterocycles. The number of allylic oxidation sites excluding steroid dienone is 1. The summed E-state index contributed by atoms with van der Waals surface area (Å²) < 4.78 is 8.81. The van der Waals surface area contributed by atoms with Gasteiger partial charge in [0.05, 0.1) is 22.4 Å². The molecule has 0 aliphatic carbocycles. The number of hydrogen-bond donors (Lipinski definition) is 0. The molecule has 0 radical (unpaired) electrons. The van der Waals surface area contributed by atoms with Gasteiger partial charge in [0.25, 0.3) is 0 Å². The van der Waals surface area contributed by atoms with Crippen LogP contribution in [0.5, 0.6) is 0 Å². The van der Waals surface area contributed by atoms with Crippen molar-refractivity contribution in [3.8, 4) is 16.8 Å². The number of aromatic nitrogens is 1. The highest BCUT2D eigenvalue weighted by molar-refractivity contribution is 6.13. The Morgan fingerprint density at radius 3 is 1.96 bits per heavy atom. The highest BCUT2D eigenvalue weighted by Crippen LogP contribution is 2.40. The van der Waals surface area contributed by atoms with E-state index in [2.05, 4.69) is 170 Å². The fraction of sp³-hybridized carbons (Fsp3) is 0.0600. The van der Waals surface area contributed by atoms with Crippen molar-refractivity contribution in [1.82, 2.24) is 4.57 Å². The monoisotopic (exact) mass is 682 g/mol. The second kappa shape index (κ2) is 13.4. The fourth-order valence-corrected chi connectivity index (χ4v) is 7.79. The molecule has 0 fully saturated rings. The zero-order chi connectivity index (χ0) is 35.9. The number of rotatable bonds is 9. The predicted octanol–water partition coefficient (Wildman–Crippen LogP) is 13.5. The molecule has 0 saturated carbocycles. The predicted molar refractivity (Wildman–Crippen MR) is 225 cm³/mol. The minimum absolute atomic E-state index is 0.0825. The van der Waals surface area contributed by atoms with Crippen LogP contribution >= 0.6 is 0 Å². The van der Waals surface area contributed by atoms with Gasteiger partial charge in [-0.2, -0.15) is 0 Å². The third-order valence-electron chi connectivity index (χ3n) is 10.3. The standard InChI is InChI=1S/C50H38N2O/c1-33(30-34(2)50(37-18-9-5-10-19-37)51-35(3)36-16-7-4-8-17-36)41-23-15-25-48-49(41)44-32-39(27-29-47(44)53-48)38-26-28-46-43(31-38)42-22-13-14-24-45(42)52(46)40-20-11-6-12-21-40/h4-29,31-32,34H,1,3,30H2,2H3. The van der Waals surface area contributed by atoms with E-state index in [4.69, 9.17) is 9.41 Å². The Bertz CT molecular complexity index is 2840. The van der Waals surface area contributed by atoms with E-state index in [1.807, 2.05) is 24.3 Å². The number of aliphatic imine (C=N–C) groups is 1. The number of furan rings is 1. The molecule has 7 aromatic carbocycles. The van der Waals surface area contributed by atoms with E-state index in [0.29, 0.717) is 0 Å². The Balaban J connectivity index is 1.10. The summed E-state index contributed by atoms with van der Waals surface area (Å²) in [5.41, 5.74) is 13.6. The van der Waals surface area contributed by atoms with E-state index in [0.717, 1.165) is 78.8 Å². The Morgan fingerprint density at radius 1 is 0.585 bits per heavy atom. The van der Waals surface area contributed by atoms with Crippen molar-refractivity contribution >= 4 is 60.7 Å². The third kappa shape index (κ3) is 5.87. The van der Waals surface area contributed by atoms with Gasteiger partial charge >= 0.3 is 0 Å². The number of benzene rings is 7. The van der Waals surface area contributed by atoms with Crippen LogP contribution in [-0.2, 0) is 0 Å². The van der Waals surface area contributed by atoms with Gasteiger partial charge in [0.2, 0.25) is 0 Å². The van der Waals surface area contributed by atoms with Gasteiger partial charge < -0.3 is 8.98 Å². The topological polar surface area (TPSA) is 30.4 Å². The van der Waals surface area contributed by atoms with Crippen molar-refractivity contribution in [3.05, 3.63) is 200 Å². The first-order chi connectivity index (χ1) is 26.0. The Morgan fingerprint density at radius 2 is 1.21 bits per heavy atom. The van der Waals surface area contributed by atoms with Crippen LogP contribution in [0, 0.1) is 5.92 Å². The zero-order valence-electron chi connectivity index (χ0n) is 29.7. The van der Waals surface area contributed by atoms with Gasteiger partial charge in [-0.15, -0.1) is 0 Å². The van der Waals surface area contributed by atoms with Crippen LogP contribution in [0.2, 0.25) is 0 Å². The number of para-hydroxylation sites is 2. The number of hydrogen-bond acceptors (Lipinski definition) is 2. The smallest absolute Gasteiger partial charge is 0.136 e. The second-order valence-electron chi connectivity index (χ2n) is 13.8. The van der Waals surface area contributed by atoms with Crippen LogP contribution in [0.15, 0.2) is 192 Å². The summed E-state index contributed by atoms with van der Waals surface area (Å²) in [5, 5.41) is 4.65. The number of fused-ring (bicyclic) bond motifs is 6. The maximum atomic E-state index is 6.46. The van der Waals surface area contributed by atoms with Gasteiger partial charge in [0.1, 0.15) is 11.2 Å². The number of nitrogens with zero attached hydrogens (tertiary/aromatic N) is 2. The summed E-state index contributed by atoms with van der Waals surface area (Å²) in [4.78, 5) is 5.13. The normalized spacial score (nSPS) is 12.5. The van der Waals surface area contributed by atoms with E-state index in [1.165, 1.54) is 21.8 Å². The molecular formula is C50H38N2O. The molecule has 1 atom stereocenters. The van der Waals surface area contributed by atoms with Crippen LogP contribution in [0.25, 0.3) is 71.8 Å². The maximum Gasteiger partial charge on any atom is 0.136 e. The van der Waals surface area contributed by atoms with Gasteiger partial charge in [0.15, 0.2) is 0 Å². The van der Waals surface area contributed by atoms with Crippen molar-refractivity contribution in [2.45, 2.75) is 13.3 Å². The van der Waals surface area contributed by atoms with Gasteiger partial charge in [-0.25, -0.2) is 0 Å². The molecule has 9 aromatic rings. The van der Waals surface area contributed by atoms with Crippen LogP contribution < -0.4 is 0 Å². The first kappa shape index (κ1) is 32.2. The van der Waals surface area contributed by atoms with E-state index < -0.39 is 0 Å². The average molecular weight is 683 g/mol. The van der Waals surface area contributed by atoms with Crippen LogP contribution in [0.3, 0.4) is 0 Å². The molecule has 1 unspecified atom stereocenters. The first-order valence-corrected chi connectivity index (χ1v) is 18.1. The van der Waals surface area contributed by atoms with Gasteiger partial charge in [0, 0.05) is 33.2 Å². The quantitative estimate of drug-likeness (QED) is 0.139. The van der Waals surface area contributed by atoms with Crippen LogP contribution in [-0.4, -0.2) is 10.3 Å². The highest BCUT2D eigenvalue weighted by Gasteiger charge is 2.20. The van der Waals surface area contributed by atoms with Gasteiger partial charge in [-0.05, 0) is 88.3 Å². The molecule has 3 nitrogen and oxygen atoms in total. The molecule has 2 heterocycles. The first-order valence-electron chi connectivity index (χ1n) is 18.1. The molecule has 254 valence electrons. The maximum absolute atomic E-state index is 6.46. The van der Waals surface area contributed by atoms with E-state index in [1.54, 1.807) is 0 Å². The molecular weight excluding hydrogens is 645 g/mol. The third-order valence-corrected chi connectivity index (χ3v) is 10.3. The van der Waals surface area contributed by atoms with Crippen molar-refractivity contribution in [1.29, 1.82) is 0 Å². The van der Waals surface area contributed by atoms with Crippen molar-refractivity contribution in [2.75, 3.05) is 0 Å². The van der Waals surface area contributed by atoms with Crippen LogP contribution in [0.1, 0.15) is 30.0 Å². The highest BCUT2D eigenvalue weighted by atomic mass is 16.3. The summed E-state index contributed by atoms with van der Waals surface area (Å²) in [6.07, 6.45) is 0.726. The lowest BCUT2D eigenvalue weighted by molar-refractivity contribution is 0.669.